The van der Waals surface area contributed by atoms with Gasteiger partial charge in [-0.05, 0) is 24.3 Å². The Hall–Kier alpha value is -2.89. The summed E-state index contributed by atoms with van der Waals surface area (Å²) in [7, 11) is 3.18. The molecule has 3 rings (SSSR count). The number of benzene rings is 1. The van der Waals surface area contributed by atoms with E-state index in [1.807, 2.05) is 24.3 Å². The van der Waals surface area contributed by atoms with Crippen LogP contribution in [-0.2, 0) is 0 Å². The molecule has 0 saturated carbocycles. The predicted octanol–water partition coefficient (Wildman–Crippen LogP) is 2.82. The number of pyridine rings is 1. The zero-order valence-corrected chi connectivity index (χ0v) is 11.6. The minimum absolute atomic E-state index is 0.390. The molecule has 0 amide bonds. The van der Waals surface area contributed by atoms with Crippen LogP contribution in [0.25, 0.3) is 22.8 Å². The van der Waals surface area contributed by atoms with Gasteiger partial charge in [0.15, 0.2) is 0 Å². The Labute approximate surface area is 121 Å². The zero-order valence-electron chi connectivity index (χ0n) is 11.6. The van der Waals surface area contributed by atoms with Gasteiger partial charge in [-0.2, -0.15) is 4.98 Å². The highest BCUT2D eigenvalue weighted by atomic mass is 16.5. The first-order valence-corrected chi connectivity index (χ1v) is 6.28. The molecule has 6 heteroatoms. The second kappa shape index (κ2) is 5.62. The van der Waals surface area contributed by atoms with Crippen LogP contribution in [0.1, 0.15) is 0 Å². The summed E-state index contributed by atoms with van der Waals surface area (Å²) in [5.74, 6) is 2.20. The first-order valence-electron chi connectivity index (χ1n) is 6.28. The van der Waals surface area contributed by atoms with E-state index in [-0.39, 0.29) is 0 Å². The number of aromatic nitrogens is 3. The van der Waals surface area contributed by atoms with Crippen molar-refractivity contribution in [3.8, 4) is 34.3 Å². The first kappa shape index (κ1) is 13.1. The Morgan fingerprint density at radius 3 is 2.52 bits per heavy atom. The van der Waals surface area contributed by atoms with E-state index in [4.69, 9.17) is 14.0 Å². The van der Waals surface area contributed by atoms with E-state index in [0.717, 1.165) is 5.56 Å². The average molecular weight is 283 g/mol. The molecule has 3 aromatic rings. The highest BCUT2D eigenvalue weighted by Crippen LogP contribution is 2.33. The van der Waals surface area contributed by atoms with Gasteiger partial charge in [-0.3, -0.25) is 4.98 Å². The Bertz CT molecular complexity index is 741. The number of methoxy groups -OCH3 is 2. The molecule has 106 valence electrons. The zero-order chi connectivity index (χ0) is 14.7. The second-order valence-electron chi connectivity index (χ2n) is 4.23. The van der Waals surface area contributed by atoms with Gasteiger partial charge in [0, 0.05) is 24.0 Å². The van der Waals surface area contributed by atoms with Crippen LogP contribution in [0.15, 0.2) is 47.2 Å². The van der Waals surface area contributed by atoms with Crippen molar-refractivity contribution in [1.29, 1.82) is 0 Å². The van der Waals surface area contributed by atoms with E-state index in [1.54, 1.807) is 32.7 Å². The van der Waals surface area contributed by atoms with Gasteiger partial charge in [-0.15, -0.1) is 0 Å². The summed E-state index contributed by atoms with van der Waals surface area (Å²) in [5.41, 5.74) is 1.55. The highest BCUT2D eigenvalue weighted by Gasteiger charge is 2.15. The third-order valence-electron chi connectivity index (χ3n) is 3.00. The molecule has 21 heavy (non-hydrogen) atoms. The minimum atomic E-state index is 0.390. The molecule has 2 aromatic heterocycles. The lowest BCUT2D eigenvalue weighted by atomic mass is 10.2. The van der Waals surface area contributed by atoms with E-state index in [9.17, 15) is 0 Å². The highest BCUT2D eigenvalue weighted by molar-refractivity contribution is 5.66. The predicted molar refractivity (Wildman–Crippen MR) is 76.1 cm³/mol. The van der Waals surface area contributed by atoms with Gasteiger partial charge in [0.05, 0.1) is 19.8 Å². The fourth-order valence-electron chi connectivity index (χ4n) is 1.93. The summed E-state index contributed by atoms with van der Waals surface area (Å²) >= 11 is 0. The minimum Gasteiger partial charge on any atom is -0.497 e. The molecule has 6 nitrogen and oxygen atoms in total. The van der Waals surface area contributed by atoms with E-state index in [1.165, 1.54) is 0 Å². The molecule has 0 aliphatic rings. The summed E-state index contributed by atoms with van der Waals surface area (Å²) in [6, 6.07) is 9.04. The van der Waals surface area contributed by atoms with Gasteiger partial charge in [-0.1, -0.05) is 5.16 Å². The van der Waals surface area contributed by atoms with Gasteiger partial charge in [0.1, 0.15) is 11.5 Å². The van der Waals surface area contributed by atoms with Crippen LogP contribution in [0.3, 0.4) is 0 Å². The molecule has 0 radical (unpaired) electrons. The smallest absolute Gasteiger partial charge is 0.262 e. The lowest BCUT2D eigenvalue weighted by molar-refractivity contribution is 0.391. The molecule has 0 atom stereocenters. The number of nitrogens with zero attached hydrogens (tertiary/aromatic N) is 3. The van der Waals surface area contributed by atoms with E-state index < -0.39 is 0 Å². The molecule has 0 aliphatic carbocycles. The molecule has 0 bridgehead atoms. The molecular formula is C15H13N3O3. The number of ether oxygens (including phenoxy) is 2. The number of hydrogen-bond acceptors (Lipinski definition) is 6. The molecule has 0 saturated heterocycles. The van der Waals surface area contributed by atoms with E-state index >= 15 is 0 Å². The molecule has 0 fully saturated rings. The number of hydrogen-bond donors (Lipinski definition) is 0. The Balaban J connectivity index is 2.00. The van der Waals surface area contributed by atoms with Crippen LogP contribution in [-0.4, -0.2) is 29.3 Å². The standard InChI is InChI=1S/C15H13N3O3/c1-19-11-3-4-12(13(9-11)20-2)15-17-14(18-21-15)10-5-7-16-8-6-10/h3-9H,1-2H3. The van der Waals surface area contributed by atoms with Gasteiger partial charge in [0.25, 0.3) is 5.89 Å². The Morgan fingerprint density at radius 1 is 1.00 bits per heavy atom. The van der Waals surface area contributed by atoms with Crippen molar-refractivity contribution in [2.24, 2.45) is 0 Å². The van der Waals surface area contributed by atoms with Crippen LogP contribution in [0, 0.1) is 0 Å². The van der Waals surface area contributed by atoms with Gasteiger partial charge in [0.2, 0.25) is 5.82 Å². The van der Waals surface area contributed by atoms with Crippen molar-refractivity contribution in [1.82, 2.24) is 15.1 Å². The number of rotatable bonds is 4. The molecule has 0 aliphatic heterocycles. The van der Waals surface area contributed by atoms with Crippen molar-refractivity contribution >= 4 is 0 Å². The van der Waals surface area contributed by atoms with Crippen LogP contribution in [0.4, 0.5) is 0 Å². The van der Waals surface area contributed by atoms with Crippen molar-refractivity contribution < 1.29 is 14.0 Å². The Kier molecular flexibility index (Phi) is 3.51. The third kappa shape index (κ3) is 2.55. The van der Waals surface area contributed by atoms with Crippen molar-refractivity contribution in [2.75, 3.05) is 14.2 Å². The molecule has 0 unspecified atom stereocenters. The molecule has 0 spiro atoms. The lowest BCUT2D eigenvalue weighted by Gasteiger charge is -2.06. The monoisotopic (exact) mass is 283 g/mol. The fraction of sp³-hybridized carbons (Fsp3) is 0.133. The Morgan fingerprint density at radius 2 is 1.81 bits per heavy atom. The van der Waals surface area contributed by atoms with Crippen LogP contribution in [0.5, 0.6) is 11.5 Å². The first-order chi connectivity index (χ1) is 10.3. The van der Waals surface area contributed by atoms with Crippen molar-refractivity contribution in [2.45, 2.75) is 0 Å². The van der Waals surface area contributed by atoms with Crippen molar-refractivity contribution in [3.05, 3.63) is 42.7 Å². The normalized spacial score (nSPS) is 10.4. The summed E-state index contributed by atoms with van der Waals surface area (Å²) in [4.78, 5) is 8.35. The maximum absolute atomic E-state index is 5.34. The summed E-state index contributed by atoms with van der Waals surface area (Å²) in [6.07, 6.45) is 3.36. The van der Waals surface area contributed by atoms with E-state index in [2.05, 4.69) is 15.1 Å². The summed E-state index contributed by atoms with van der Waals surface area (Å²) in [5, 5.41) is 3.98. The topological polar surface area (TPSA) is 70.3 Å². The second-order valence-corrected chi connectivity index (χ2v) is 4.23. The third-order valence-corrected chi connectivity index (χ3v) is 3.00. The fourth-order valence-corrected chi connectivity index (χ4v) is 1.93. The average Bonchev–Trinajstić information content (AvgIpc) is 3.04. The SMILES string of the molecule is COc1ccc(-c2nc(-c3ccncc3)no2)c(OC)c1. The van der Waals surface area contributed by atoms with Gasteiger partial charge < -0.3 is 14.0 Å². The quantitative estimate of drug-likeness (QED) is 0.733. The van der Waals surface area contributed by atoms with Crippen LogP contribution >= 0.6 is 0 Å². The molecule has 2 heterocycles. The summed E-state index contributed by atoms with van der Waals surface area (Å²) < 4.78 is 15.8. The van der Waals surface area contributed by atoms with Crippen molar-refractivity contribution in [3.63, 3.8) is 0 Å². The molecule has 0 N–H and O–H groups in total. The largest absolute Gasteiger partial charge is 0.497 e. The lowest BCUT2D eigenvalue weighted by Crippen LogP contribution is -1.90. The van der Waals surface area contributed by atoms with Crippen LogP contribution in [0.2, 0.25) is 0 Å². The van der Waals surface area contributed by atoms with Gasteiger partial charge >= 0.3 is 0 Å². The van der Waals surface area contributed by atoms with Crippen LogP contribution < -0.4 is 9.47 Å². The molecular weight excluding hydrogens is 270 g/mol. The maximum atomic E-state index is 5.34. The van der Waals surface area contributed by atoms with E-state index in [0.29, 0.717) is 28.8 Å². The summed E-state index contributed by atoms with van der Waals surface area (Å²) in [6.45, 7) is 0. The molecule has 1 aromatic carbocycles. The maximum Gasteiger partial charge on any atom is 0.262 e. The van der Waals surface area contributed by atoms with Gasteiger partial charge in [-0.25, -0.2) is 0 Å².